The Hall–Kier alpha value is -0.410. The molecule has 0 atom stereocenters. The van der Waals surface area contributed by atoms with Gasteiger partial charge in [0, 0.05) is 12.6 Å². The van der Waals surface area contributed by atoms with Crippen LogP contribution in [0.2, 0.25) is 0 Å². The van der Waals surface area contributed by atoms with E-state index in [0.29, 0.717) is 11.5 Å². The molecule has 17 heavy (non-hydrogen) atoms. The number of hydrogen-bond donors (Lipinski definition) is 1. The molecule has 3 heteroatoms. The maximum Gasteiger partial charge on any atom is 0.106 e. The van der Waals surface area contributed by atoms with Crippen LogP contribution in [0, 0.1) is 5.41 Å². The number of rotatable bonds is 3. The molecule has 0 amide bonds. The fraction of sp³-hybridized carbons (Fsp3) is 0.643. The van der Waals surface area contributed by atoms with Crippen molar-refractivity contribution >= 4 is 15.9 Å². The molecule has 0 spiro atoms. The van der Waals surface area contributed by atoms with Crippen LogP contribution in [-0.2, 0) is 6.54 Å². The van der Waals surface area contributed by atoms with Gasteiger partial charge in [0.2, 0.25) is 0 Å². The van der Waals surface area contributed by atoms with Crippen LogP contribution in [0.25, 0.3) is 0 Å². The van der Waals surface area contributed by atoms with Gasteiger partial charge in [-0.15, -0.1) is 0 Å². The third-order valence-corrected chi connectivity index (χ3v) is 4.13. The van der Waals surface area contributed by atoms with Gasteiger partial charge in [-0.1, -0.05) is 19.9 Å². The molecule has 1 aromatic rings. The lowest BCUT2D eigenvalue weighted by Gasteiger charge is -2.34. The molecular formula is C14H21BrN2. The van der Waals surface area contributed by atoms with Gasteiger partial charge in [0.05, 0.1) is 5.69 Å². The first-order valence-corrected chi connectivity index (χ1v) is 7.19. The molecule has 0 aromatic carbocycles. The van der Waals surface area contributed by atoms with E-state index in [-0.39, 0.29) is 0 Å². The van der Waals surface area contributed by atoms with Gasteiger partial charge in [0.15, 0.2) is 0 Å². The van der Waals surface area contributed by atoms with Crippen LogP contribution in [0.15, 0.2) is 22.8 Å². The Morgan fingerprint density at radius 3 is 2.71 bits per heavy atom. The number of nitrogens with one attached hydrogen (secondary N) is 1. The topological polar surface area (TPSA) is 24.9 Å². The Balaban J connectivity index is 1.80. The minimum atomic E-state index is 0.548. The summed E-state index contributed by atoms with van der Waals surface area (Å²) in [6.45, 7) is 5.63. The molecule has 2 nitrogen and oxygen atoms in total. The number of pyridine rings is 1. The zero-order chi connectivity index (χ0) is 12.3. The molecule has 0 bridgehead atoms. The lowest BCUT2D eigenvalue weighted by Crippen LogP contribution is -2.35. The molecule has 2 rings (SSSR count). The maximum absolute atomic E-state index is 4.44. The van der Waals surface area contributed by atoms with E-state index in [4.69, 9.17) is 0 Å². The highest BCUT2D eigenvalue weighted by atomic mass is 79.9. The SMILES string of the molecule is CC1(C)CCC(NCc2cccc(Br)n2)CC1. The third kappa shape index (κ3) is 4.07. The number of nitrogens with zero attached hydrogens (tertiary/aromatic N) is 1. The first kappa shape index (κ1) is 13.0. The zero-order valence-corrected chi connectivity index (χ0v) is 12.3. The van der Waals surface area contributed by atoms with E-state index < -0.39 is 0 Å². The molecule has 1 saturated carbocycles. The quantitative estimate of drug-likeness (QED) is 0.856. The Morgan fingerprint density at radius 2 is 2.06 bits per heavy atom. The predicted octanol–water partition coefficient (Wildman–Crippen LogP) is 3.90. The predicted molar refractivity (Wildman–Crippen MR) is 74.8 cm³/mol. The average Bonchev–Trinajstić information content (AvgIpc) is 2.28. The highest BCUT2D eigenvalue weighted by molar-refractivity contribution is 9.10. The Morgan fingerprint density at radius 1 is 1.35 bits per heavy atom. The van der Waals surface area contributed by atoms with Crippen molar-refractivity contribution in [1.29, 1.82) is 0 Å². The molecule has 1 fully saturated rings. The highest BCUT2D eigenvalue weighted by Gasteiger charge is 2.26. The summed E-state index contributed by atoms with van der Waals surface area (Å²) in [6.07, 6.45) is 5.25. The van der Waals surface area contributed by atoms with Crippen molar-refractivity contribution in [2.75, 3.05) is 0 Å². The standard InChI is InChI=1S/C14H21BrN2/c1-14(2)8-6-11(7-9-14)16-10-12-4-3-5-13(15)17-12/h3-5,11,16H,6-10H2,1-2H3. The second kappa shape index (κ2) is 5.49. The number of hydrogen-bond acceptors (Lipinski definition) is 2. The van der Waals surface area contributed by atoms with Crippen molar-refractivity contribution in [3.63, 3.8) is 0 Å². The van der Waals surface area contributed by atoms with E-state index in [0.717, 1.165) is 16.8 Å². The Kier molecular flexibility index (Phi) is 4.21. The van der Waals surface area contributed by atoms with Crippen molar-refractivity contribution in [1.82, 2.24) is 10.3 Å². The molecule has 94 valence electrons. The summed E-state index contributed by atoms with van der Waals surface area (Å²) in [7, 11) is 0. The molecule has 0 unspecified atom stereocenters. The normalized spacial score (nSPS) is 20.4. The van der Waals surface area contributed by atoms with Gasteiger partial charge in [-0.25, -0.2) is 4.98 Å². The number of halogens is 1. The van der Waals surface area contributed by atoms with Gasteiger partial charge in [0.25, 0.3) is 0 Å². The van der Waals surface area contributed by atoms with E-state index >= 15 is 0 Å². The zero-order valence-electron chi connectivity index (χ0n) is 10.7. The van der Waals surface area contributed by atoms with E-state index in [1.54, 1.807) is 0 Å². The molecule has 0 aliphatic heterocycles. The van der Waals surface area contributed by atoms with E-state index in [2.05, 4.69) is 46.1 Å². The van der Waals surface area contributed by atoms with Crippen molar-refractivity contribution in [2.24, 2.45) is 5.41 Å². The van der Waals surface area contributed by atoms with Crippen LogP contribution in [0.4, 0.5) is 0 Å². The molecule has 1 aliphatic rings. The van der Waals surface area contributed by atoms with E-state index in [1.807, 2.05) is 12.1 Å². The molecule has 0 radical (unpaired) electrons. The van der Waals surface area contributed by atoms with Crippen LogP contribution >= 0.6 is 15.9 Å². The van der Waals surface area contributed by atoms with Gasteiger partial charge in [0.1, 0.15) is 4.60 Å². The van der Waals surface area contributed by atoms with Crippen LogP contribution < -0.4 is 5.32 Å². The van der Waals surface area contributed by atoms with E-state index in [1.165, 1.54) is 25.7 Å². The maximum atomic E-state index is 4.44. The molecule has 1 N–H and O–H groups in total. The fourth-order valence-corrected chi connectivity index (χ4v) is 2.78. The molecule has 1 aromatic heterocycles. The average molecular weight is 297 g/mol. The van der Waals surface area contributed by atoms with Gasteiger partial charge < -0.3 is 5.32 Å². The molecular weight excluding hydrogens is 276 g/mol. The minimum absolute atomic E-state index is 0.548. The largest absolute Gasteiger partial charge is 0.308 e. The monoisotopic (exact) mass is 296 g/mol. The second-order valence-corrected chi connectivity index (χ2v) is 6.58. The summed E-state index contributed by atoms with van der Waals surface area (Å²) in [5.74, 6) is 0. The lowest BCUT2D eigenvalue weighted by atomic mass is 9.75. The van der Waals surface area contributed by atoms with Crippen LogP contribution in [-0.4, -0.2) is 11.0 Å². The minimum Gasteiger partial charge on any atom is -0.308 e. The van der Waals surface area contributed by atoms with Crippen molar-refractivity contribution in [2.45, 2.75) is 52.1 Å². The summed E-state index contributed by atoms with van der Waals surface area (Å²) >= 11 is 3.40. The van der Waals surface area contributed by atoms with Crippen LogP contribution in [0.1, 0.15) is 45.2 Å². The van der Waals surface area contributed by atoms with Gasteiger partial charge >= 0.3 is 0 Å². The van der Waals surface area contributed by atoms with Gasteiger partial charge in [-0.05, 0) is 59.2 Å². The summed E-state index contributed by atoms with van der Waals surface area (Å²) in [4.78, 5) is 4.44. The van der Waals surface area contributed by atoms with Crippen LogP contribution in [0.3, 0.4) is 0 Å². The first-order valence-electron chi connectivity index (χ1n) is 6.40. The van der Waals surface area contributed by atoms with Crippen molar-refractivity contribution in [3.05, 3.63) is 28.5 Å². The van der Waals surface area contributed by atoms with Gasteiger partial charge in [-0.3, -0.25) is 0 Å². The Bertz CT molecular complexity index is 366. The smallest absolute Gasteiger partial charge is 0.106 e. The summed E-state index contributed by atoms with van der Waals surface area (Å²) < 4.78 is 0.918. The van der Waals surface area contributed by atoms with Crippen molar-refractivity contribution in [3.8, 4) is 0 Å². The molecule has 1 aliphatic carbocycles. The van der Waals surface area contributed by atoms with Crippen LogP contribution in [0.5, 0.6) is 0 Å². The second-order valence-electron chi connectivity index (χ2n) is 5.77. The van der Waals surface area contributed by atoms with E-state index in [9.17, 15) is 0 Å². The molecule has 0 saturated heterocycles. The summed E-state index contributed by atoms with van der Waals surface area (Å²) in [6, 6.07) is 6.75. The number of aromatic nitrogens is 1. The fourth-order valence-electron chi connectivity index (χ4n) is 2.40. The first-order chi connectivity index (χ1) is 8.05. The third-order valence-electron chi connectivity index (χ3n) is 3.68. The Labute approximate surface area is 112 Å². The highest BCUT2D eigenvalue weighted by Crippen LogP contribution is 2.34. The lowest BCUT2D eigenvalue weighted by molar-refractivity contribution is 0.205. The molecule has 1 heterocycles. The van der Waals surface area contributed by atoms with Crippen molar-refractivity contribution < 1.29 is 0 Å². The summed E-state index contributed by atoms with van der Waals surface area (Å²) in [5.41, 5.74) is 1.66. The summed E-state index contributed by atoms with van der Waals surface area (Å²) in [5, 5.41) is 3.62. The van der Waals surface area contributed by atoms with Gasteiger partial charge in [-0.2, -0.15) is 0 Å².